The Balaban J connectivity index is 1.79. The summed E-state index contributed by atoms with van der Waals surface area (Å²) in [7, 11) is 0. The molecular weight excluding hydrogens is 228 g/mol. The molecule has 0 spiro atoms. The minimum atomic E-state index is -0.0728. The summed E-state index contributed by atoms with van der Waals surface area (Å²) < 4.78 is 1.84. The number of nitrogens with zero attached hydrogens (tertiary/aromatic N) is 2. The van der Waals surface area contributed by atoms with E-state index in [1.54, 1.807) is 12.5 Å². The standard InChI is InChI=1S/C13H22N4O/c14-6-7-17-9-12(16-10-17)13(18)15-8-11-4-2-1-3-5-11/h9-11H,1-8,14H2,(H,15,18). The minimum absolute atomic E-state index is 0.0728. The van der Waals surface area contributed by atoms with Gasteiger partial charge < -0.3 is 15.6 Å². The average Bonchev–Trinajstić information content (AvgIpc) is 2.86. The maximum atomic E-state index is 11.9. The summed E-state index contributed by atoms with van der Waals surface area (Å²) in [5, 5.41) is 2.98. The summed E-state index contributed by atoms with van der Waals surface area (Å²) in [6.45, 7) is 2.03. The fourth-order valence-corrected chi connectivity index (χ4v) is 2.47. The van der Waals surface area contributed by atoms with Crippen molar-refractivity contribution in [3.8, 4) is 0 Å². The van der Waals surface area contributed by atoms with Gasteiger partial charge in [0.25, 0.3) is 5.91 Å². The van der Waals surface area contributed by atoms with E-state index in [-0.39, 0.29) is 5.91 Å². The molecule has 18 heavy (non-hydrogen) atoms. The van der Waals surface area contributed by atoms with Gasteiger partial charge in [-0.2, -0.15) is 0 Å². The number of nitrogens with two attached hydrogens (primary N) is 1. The molecule has 0 unspecified atom stereocenters. The van der Waals surface area contributed by atoms with Crippen LogP contribution < -0.4 is 11.1 Å². The Morgan fingerprint density at radius 1 is 1.44 bits per heavy atom. The molecule has 0 atom stereocenters. The second-order valence-electron chi connectivity index (χ2n) is 5.00. The summed E-state index contributed by atoms with van der Waals surface area (Å²) in [6, 6.07) is 0. The Hall–Kier alpha value is -1.36. The molecule has 0 aliphatic heterocycles. The number of amides is 1. The molecule has 100 valence electrons. The van der Waals surface area contributed by atoms with Crippen LogP contribution in [0, 0.1) is 5.92 Å². The van der Waals surface area contributed by atoms with Crippen LogP contribution in [0.4, 0.5) is 0 Å². The molecule has 2 rings (SSSR count). The highest BCUT2D eigenvalue weighted by Crippen LogP contribution is 2.22. The molecule has 0 radical (unpaired) electrons. The van der Waals surface area contributed by atoms with E-state index in [4.69, 9.17) is 5.73 Å². The van der Waals surface area contributed by atoms with Gasteiger partial charge in [0.1, 0.15) is 5.69 Å². The van der Waals surface area contributed by atoms with Gasteiger partial charge in [-0.15, -0.1) is 0 Å². The van der Waals surface area contributed by atoms with Crippen LogP contribution in [0.15, 0.2) is 12.5 Å². The van der Waals surface area contributed by atoms with E-state index in [0.717, 1.165) is 6.54 Å². The molecule has 0 saturated heterocycles. The molecule has 0 aromatic carbocycles. The quantitative estimate of drug-likeness (QED) is 0.823. The zero-order valence-electron chi connectivity index (χ0n) is 10.8. The Kier molecular flexibility index (Phi) is 4.75. The lowest BCUT2D eigenvalue weighted by Crippen LogP contribution is -2.30. The predicted octanol–water partition coefficient (Wildman–Crippen LogP) is 1.15. The van der Waals surface area contributed by atoms with Crippen LogP contribution in [0.3, 0.4) is 0 Å². The molecule has 1 fully saturated rings. The third kappa shape index (κ3) is 3.57. The first kappa shape index (κ1) is 13.1. The van der Waals surface area contributed by atoms with Crippen molar-refractivity contribution in [1.29, 1.82) is 0 Å². The first-order valence-corrected chi connectivity index (χ1v) is 6.79. The number of hydrogen-bond donors (Lipinski definition) is 2. The van der Waals surface area contributed by atoms with Crippen molar-refractivity contribution >= 4 is 5.91 Å². The van der Waals surface area contributed by atoms with Crippen molar-refractivity contribution in [2.45, 2.75) is 38.6 Å². The van der Waals surface area contributed by atoms with Crippen molar-refractivity contribution in [3.63, 3.8) is 0 Å². The summed E-state index contributed by atoms with van der Waals surface area (Å²) in [5.41, 5.74) is 5.94. The van der Waals surface area contributed by atoms with Gasteiger partial charge in [-0.1, -0.05) is 19.3 Å². The molecule has 1 saturated carbocycles. The number of carbonyl (C=O) groups is 1. The van der Waals surface area contributed by atoms with Gasteiger partial charge in [-0.25, -0.2) is 4.98 Å². The summed E-state index contributed by atoms with van der Waals surface area (Å²) in [6.07, 6.45) is 9.82. The van der Waals surface area contributed by atoms with Crippen molar-refractivity contribution < 1.29 is 4.79 Å². The SMILES string of the molecule is NCCn1cnc(C(=O)NCC2CCCCC2)c1. The topological polar surface area (TPSA) is 72.9 Å². The lowest BCUT2D eigenvalue weighted by Gasteiger charge is -2.21. The highest BCUT2D eigenvalue weighted by molar-refractivity contribution is 5.91. The summed E-state index contributed by atoms with van der Waals surface area (Å²) in [4.78, 5) is 16.0. The third-order valence-corrected chi connectivity index (χ3v) is 3.53. The molecule has 1 heterocycles. The van der Waals surface area contributed by atoms with E-state index in [2.05, 4.69) is 10.3 Å². The van der Waals surface area contributed by atoms with Gasteiger partial charge >= 0.3 is 0 Å². The number of aromatic nitrogens is 2. The van der Waals surface area contributed by atoms with Crippen LogP contribution in [0.1, 0.15) is 42.6 Å². The zero-order valence-corrected chi connectivity index (χ0v) is 10.8. The van der Waals surface area contributed by atoms with Crippen molar-refractivity contribution in [2.24, 2.45) is 11.7 Å². The molecule has 0 bridgehead atoms. The highest BCUT2D eigenvalue weighted by Gasteiger charge is 2.15. The fourth-order valence-electron chi connectivity index (χ4n) is 2.47. The largest absolute Gasteiger partial charge is 0.350 e. The van der Waals surface area contributed by atoms with Gasteiger partial charge in [0.05, 0.1) is 6.33 Å². The van der Waals surface area contributed by atoms with Gasteiger partial charge in [-0.05, 0) is 18.8 Å². The van der Waals surface area contributed by atoms with Crippen LogP contribution in [-0.2, 0) is 6.54 Å². The van der Waals surface area contributed by atoms with Gasteiger partial charge in [-0.3, -0.25) is 4.79 Å². The molecular formula is C13H22N4O. The monoisotopic (exact) mass is 250 g/mol. The number of carbonyl (C=O) groups excluding carboxylic acids is 1. The number of rotatable bonds is 5. The second kappa shape index (κ2) is 6.54. The van der Waals surface area contributed by atoms with Crippen LogP contribution in [0.25, 0.3) is 0 Å². The lowest BCUT2D eigenvalue weighted by atomic mass is 9.89. The van der Waals surface area contributed by atoms with E-state index in [1.165, 1.54) is 32.1 Å². The maximum absolute atomic E-state index is 11.9. The van der Waals surface area contributed by atoms with Gasteiger partial charge in [0.2, 0.25) is 0 Å². The lowest BCUT2D eigenvalue weighted by molar-refractivity contribution is 0.0939. The summed E-state index contributed by atoms with van der Waals surface area (Å²) in [5.74, 6) is 0.574. The Morgan fingerprint density at radius 2 is 2.22 bits per heavy atom. The average molecular weight is 250 g/mol. The van der Waals surface area contributed by atoms with Crippen molar-refractivity contribution in [2.75, 3.05) is 13.1 Å². The maximum Gasteiger partial charge on any atom is 0.271 e. The highest BCUT2D eigenvalue weighted by atomic mass is 16.1. The Bertz CT molecular complexity index is 382. The zero-order chi connectivity index (χ0) is 12.8. The Morgan fingerprint density at radius 3 is 2.94 bits per heavy atom. The fraction of sp³-hybridized carbons (Fsp3) is 0.692. The number of nitrogens with one attached hydrogen (secondary N) is 1. The molecule has 3 N–H and O–H groups in total. The smallest absolute Gasteiger partial charge is 0.271 e. The van der Waals surface area contributed by atoms with E-state index in [9.17, 15) is 4.79 Å². The Labute approximate surface area is 108 Å². The van der Waals surface area contributed by atoms with Crippen LogP contribution in [0.5, 0.6) is 0 Å². The molecule has 5 nitrogen and oxygen atoms in total. The molecule has 1 aliphatic carbocycles. The van der Waals surface area contributed by atoms with Gasteiger partial charge in [0, 0.05) is 25.8 Å². The van der Waals surface area contributed by atoms with E-state index in [1.807, 2.05) is 4.57 Å². The number of imidazole rings is 1. The first-order chi connectivity index (χ1) is 8.79. The first-order valence-electron chi connectivity index (χ1n) is 6.79. The summed E-state index contributed by atoms with van der Waals surface area (Å²) >= 11 is 0. The van der Waals surface area contributed by atoms with E-state index >= 15 is 0 Å². The minimum Gasteiger partial charge on any atom is -0.350 e. The van der Waals surface area contributed by atoms with Gasteiger partial charge in [0.15, 0.2) is 0 Å². The van der Waals surface area contributed by atoms with Crippen molar-refractivity contribution in [3.05, 3.63) is 18.2 Å². The molecule has 5 heteroatoms. The molecule has 1 aliphatic rings. The third-order valence-electron chi connectivity index (χ3n) is 3.53. The van der Waals surface area contributed by atoms with Crippen LogP contribution in [-0.4, -0.2) is 28.5 Å². The van der Waals surface area contributed by atoms with Crippen molar-refractivity contribution in [1.82, 2.24) is 14.9 Å². The molecule has 1 aromatic heterocycles. The molecule has 1 amide bonds. The normalized spacial score (nSPS) is 16.7. The van der Waals surface area contributed by atoms with Crippen LogP contribution >= 0.6 is 0 Å². The number of hydrogen-bond acceptors (Lipinski definition) is 3. The second-order valence-corrected chi connectivity index (χ2v) is 5.00. The van der Waals surface area contributed by atoms with Crippen LogP contribution in [0.2, 0.25) is 0 Å². The van der Waals surface area contributed by atoms with E-state index < -0.39 is 0 Å². The van der Waals surface area contributed by atoms with E-state index in [0.29, 0.717) is 24.7 Å². The molecule has 1 aromatic rings. The predicted molar refractivity (Wildman–Crippen MR) is 70.2 cm³/mol.